The van der Waals surface area contributed by atoms with Gasteiger partial charge in [-0.05, 0) is 60.7 Å². The molecule has 0 saturated heterocycles. The van der Waals surface area contributed by atoms with E-state index in [-0.39, 0.29) is 11.6 Å². The number of nitro benzene ring substituents is 1. The Kier molecular flexibility index (Phi) is 7.86. The lowest BCUT2D eigenvalue weighted by molar-refractivity contribution is -0.384. The number of nitrogens with zero attached hydrogens (tertiary/aromatic N) is 2. The van der Waals surface area contributed by atoms with Gasteiger partial charge in [0.05, 0.1) is 30.5 Å². The van der Waals surface area contributed by atoms with Crippen LogP contribution in [0.5, 0.6) is 11.5 Å². The maximum Gasteiger partial charge on any atom is 0.269 e. The number of benzene rings is 3. The van der Waals surface area contributed by atoms with Gasteiger partial charge in [0.1, 0.15) is 11.5 Å². The maximum atomic E-state index is 12.3. The van der Waals surface area contributed by atoms with Crippen LogP contribution in [-0.4, -0.2) is 47.3 Å². The number of hydrogen-bond acceptors (Lipinski definition) is 7. The highest BCUT2D eigenvalue weighted by molar-refractivity contribution is 7.99. The summed E-state index contributed by atoms with van der Waals surface area (Å²) in [5.74, 6) is 1.82. The summed E-state index contributed by atoms with van der Waals surface area (Å²) >= 11 is 1.48. The number of thioether (sulfide) groups is 1. The molecule has 0 unspecified atom stereocenters. The molecule has 0 aliphatic rings. The lowest BCUT2D eigenvalue weighted by Crippen LogP contribution is -2.25. The fourth-order valence-electron chi connectivity index (χ4n) is 3.49. The van der Waals surface area contributed by atoms with Gasteiger partial charge in [0.2, 0.25) is 0 Å². The number of amides is 1. The summed E-state index contributed by atoms with van der Waals surface area (Å²) in [6.07, 6.45) is 0. The predicted octanol–water partition coefficient (Wildman–Crippen LogP) is 5.19. The summed E-state index contributed by atoms with van der Waals surface area (Å²) in [7, 11) is 3.25. The van der Waals surface area contributed by atoms with Crippen LogP contribution in [0.25, 0.3) is 22.5 Å². The van der Waals surface area contributed by atoms with E-state index in [9.17, 15) is 14.9 Å². The highest BCUT2D eigenvalue weighted by atomic mass is 32.2. The van der Waals surface area contributed by atoms with Gasteiger partial charge in [-0.25, -0.2) is 4.98 Å². The molecule has 0 spiro atoms. The first kappa shape index (κ1) is 24.8. The number of aromatic nitrogens is 2. The van der Waals surface area contributed by atoms with Crippen LogP contribution in [0.3, 0.4) is 0 Å². The molecule has 1 amide bonds. The number of ether oxygens (including phenoxy) is 2. The summed E-state index contributed by atoms with van der Waals surface area (Å²) in [6.45, 7) is 0.400. The van der Waals surface area contributed by atoms with E-state index >= 15 is 0 Å². The monoisotopic (exact) mass is 504 g/mol. The smallest absolute Gasteiger partial charge is 0.269 e. The van der Waals surface area contributed by atoms with Crippen LogP contribution in [0, 0.1) is 10.1 Å². The molecular weight excluding hydrogens is 480 g/mol. The molecule has 3 aromatic carbocycles. The third-order valence-corrected chi connectivity index (χ3v) is 6.27. The molecule has 4 aromatic rings. The normalized spacial score (nSPS) is 10.6. The molecule has 2 N–H and O–H groups in total. The molecule has 0 radical (unpaired) electrons. The third kappa shape index (κ3) is 5.84. The molecule has 0 aliphatic carbocycles. The first-order valence-electron chi connectivity index (χ1n) is 11.0. The van der Waals surface area contributed by atoms with Gasteiger partial charge in [0.25, 0.3) is 11.6 Å². The van der Waals surface area contributed by atoms with Gasteiger partial charge in [-0.15, -0.1) is 0 Å². The minimum absolute atomic E-state index is 0.0553. The Labute approximate surface area is 212 Å². The number of H-pyrrole nitrogens is 1. The Morgan fingerprint density at radius 3 is 2.08 bits per heavy atom. The second-order valence-corrected chi connectivity index (χ2v) is 8.71. The van der Waals surface area contributed by atoms with Crippen LogP contribution in [0.1, 0.15) is 10.4 Å². The number of rotatable bonds is 10. The lowest BCUT2D eigenvalue weighted by Gasteiger charge is -2.06. The third-order valence-electron chi connectivity index (χ3n) is 5.39. The molecule has 0 fully saturated rings. The Bertz CT molecular complexity index is 1270. The minimum Gasteiger partial charge on any atom is -0.497 e. The molecule has 10 heteroatoms. The van der Waals surface area contributed by atoms with Crippen molar-refractivity contribution in [1.29, 1.82) is 0 Å². The standard InChI is InChI=1S/C26H24N4O5S/c1-34-21-11-5-17(6-12-21)23-24(18-7-13-22(35-2)14-8-18)29-26(28-23)36-16-15-27-25(31)19-3-9-20(10-4-19)30(32)33/h3-14H,15-16H2,1-2H3,(H,27,31)(H,28,29). The van der Waals surface area contributed by atoms with Gasteiger partial charge in [-0.2, -0.15) is 0 Å². The van der Waals surface area contributed by atoms with E-state index in [2.05, 4.69) is 10.3 Å². The number of aromatic amines is 1. The molecule has 0 aliphatic heterocycles. The van der Waals surface area contributed by atoms with Crippen molar-refractivity contribution in [2.75, 3.05) is 26.5 Å². The van der Waals surface area contributed by atoms with Crippen LogP contribution in [-0.2, 0) is 0 Å². The molecule has 0 saturated carbocycles. The van der Waals surface area contributed by atoms with Crippen LogP contribution in [0.2, 0.25) is 0 Å². The Morgan fingerprint density at radius 2 is 1.53 bits per heavy atom. The second kappa shape index (κ2) is 11.4. The van der Waals surface area contributed by atoms with E-state index in [0.717, 1.165) is 39.2 Å². The number of non-ortho nitro benzene ring substituents is 1. The topological polar surface area (TPSA) is 119 Å². The highest BCUT2D eigenvalue weighted by Gasteiger charge is 2.15. The van der Waals surface area contributed by atoms with Gasteiger partial charge in [0, 0.05) is 41.1 Å². The number of hydrogen-bond donors (Lipinski definition) is 2. The van der Waals surface area contributed by atoms with Crippen molar-refractivity contribution >= 4 is 23.4 Å². The SMILES string of the molecule is COc1ccc(-c2nc(SCCNC(=O)c3ccc([N+](=O)[O-])cc3)[nH]c2-c2ccc(OC)cc2)cc1. The number of imidazole rings is 1. The molecular formula is C26H24N4O5S. The Morgan fingerprint density at radius 1 is 0.944 bits per heavy atom. The van der Waals surface area contributed by atoms with Gasteiger partial charge >= 0.3 is 0 Å². The average molecular weight is 505 g/mol. The first-order valence-corrected chi connectivity index (χ1v) is 12.0. The summed E-state index contributed by atoms with van der Waals surface area (Å²) in [5.41, 5.74) is 3.90. The maximum absolute atomic E-state index is 12.3. The van der Waals surface area contributed by atoms with Crippen molar-refractivity contribution in [2.24, 2.45) is 0 Å². The zero-order valence-corrected chi connectivity index (χ0v) is 20.5. The number of carbonyl (C=O) groups excluding carboxylic acids is 1. The number of nitro groups is 1. The van der Waals surface area contributed by atoms with Crippen LogP contribution in [0.4, 0.5) is 5.69 Å². The molecule has 1 heterocycles. The predicted molar refractivity (Wildman–Crippen MR) is 139 cm³/mol. The van der Waals surface area contributed by atoms with Crippen molar-refractivity contribution in [3.8, 4) is 34.0 Å². The number of carbonyl (C=O) groups is 1. The summed E-state index contributed by atoms with van der Waals surface area (Å²) in [4.78, 5) is 30.8. The van der Waals surface area contributed by atoms with Crippen molar-refractivity contribution in [2.45, 2.75) is 5.16 Å². The van der Waals surface area contributed by atoms with E-state index in [1.807, 2.05) is 48.5 Å². The summed E-state index contributed by atoms with van der Waals surface area (Å²) < 4.78 is 10.5. The van der Waals surface area contributed by atoms with Crippen molar-refractivity contribution in [3.63, 3.8) is 0 Å². The highest BCUT2D eigenvalue weighted by Crippen LogP contribution is 2.34. The van der Waals surface area contributed by atoms with E-state index in [4.69, 9.17) is 14.5 Å². The van der Waals surface area contributed by atoms with E-state index in [0.29, 0.717) is 17.9 Å². The average Bonchev–Trinajstić information content (AvgIpc) is 3.35. The van der Waals surface area contributed by atoms with Gasteiger partial charge in [0.15, 0.2) is 5.16 Å². The van der Waals surface area contributed by atoms with E-state index in [1.165, 1.54) is 36.0 Å². The Balaban J connectivity index is 1.46. The fraction of sp³-hybridized carbons (Fsp3) is 0.154. The van der Waals surface area contributed by atoms with Gasteiger partial charge in [-0.1, -0.05) is 11.8 Å². The van der Waals surface area contributed by atoms with Gasteiger partial charge in [-0.3, -0.25) is 14.9 Å². The van der Waals surface area contributed by atoms with Crippen LogP contribution >= 0.6 is 11.8 Å². The van der Waals surface area contributed by atoms with E-state index < -0.39 is 4.92 Å². The van der Waals surface area contributed by atoms with Crippen molar-refractivity contribution in [1.82, 2.24) is 15.3 Å². The quantitative estimate of drug-likeness (QED) is 0.132. The van der Waals surface area contributed by atoms with E-state index in [1.54, 1.807) is 14.2 Å². The van der Waals surface area contributed by atoms with Gasteiger partial charge < -0.3 is 19.8 Å². The number of nitrogens with one attached hydrogen (secondary N) is 2. The zero-order chi connectivity index (χ0) is 25.5. The summed E-state index contributed by atoms with van der Waals surface area (Å²) in [6, 6.07) is 20.9. The first-order chi connectivity index (χ1) is 17.5. The minimum atomic E-state index is -0.498. The van der Waals surface area contributed by atoms with Crippen LogP contribution in [0.15, 0.2) is 78.0 Å². The Hall–Kier alpha value is -4.31. The van der Waals surface area contributed by atoms with Crippen molar-refractivity contribution < 1.29 is 19.2 Å². The zero-order valence-electron chi connectivity index (χ0n) is 19.7. The molecule has 1 aromatic heterocycles. The molecule has 4 rings (SSSR count). The lowest BCUT2D eigenvalue weighted by atomic mass is 10.0. The van der Waals surface area contributed by atoms with Crippen LogP contribution < -0.4 is 14.8 Å². The molecule has 9 nitrogen and oxygen atoms in total. The molecule has 184 valence electrons. The van der Waals surface area contributed by atoms with Crippen molar-refractivity contribution in [3.05, 3.63) is 88.5 Å². The second-order valence-electron chi connectivity index (χ2n) is 7.63. The summed E-state index contributed by atoms with van der Waals surface area (Å²) in [5, 5.41) is 14.3. The molecule has 0 bridgehead atoms. The molecule has 36 heavy (non-hydrogen) atoms. The largest absolute Gasteiger partial charge is 0.497 e. The fourth-order valence-corrected chi connectivity index (χ4v) is 4.22. The number of methoxy groups -OCH3 is 2. The molecule has 0 atom stereocenters.